The fourth-order valence-corrected chi connectivity index (χ4v) is 2.76. The van der Waals surface area contributed by atoms with E-state index in [1.807, 2.05) is 13.8 Å². The molecule has 0 aliphatic rings. The molecule has 104 valence electrons. The third-order valence-electron chi connectivity index (χ3n) is 2.43. The smallest absolute Gasteiger partial charge is 0.232 e. The maximum atomic E-state index is 11.8. The highest BCUT2D eigenvalue weighted by Crippen LogP contribution is 2.12. The number of rotatable bonds is 5. The van der Waals surface area contributed by atoms with Crippen molar-refractivity contribution in [1.29, 1.82) is 0 Å². The monoisotopic (exact) mass is 281 g/mol. The van der Waals surface area contributed by atoms with Crippen molar-refractivity contribution >= 4 is 15.7 Å². The van der Waals surface area contributed by atoms with Gasteiger partial charge < -0.3 is 5.11 Å². The maximum absolute atomic E-state index is 11.8. The molecule has 0 aromatic heterocycles. The summed E-state index contributed by atoms with van der Waals surface area (Å²) in [5.74, 6) is 5.76. The molecule has 0 saturated carbocycles. The van der Waals surface area contributed by atoms with Crippen LogP contribution in [-0.4, -0.2) is 25.9 Å². The van der Waals surface area contributed by atoms with Gasteiger partial charge in [0.2, 0.25) is 10.0 Å². The molecule has 0 saturated heterocycles. The van der Waals surface area contributed by atoms with Gasteiger partial charge in [0.25, 0.3) is 0 Å². The summed E-state index contributed by atoms with van der Waals surface area (Å²) in [6, 6.07) is 6.74. The van der Waals surface area contributed by atoms with Crippen molar-refractivity contribution in [2.75, 3.05) is 17.1 Å². The summed E-state index contributed by atoms with van der Waals surface area (Å²) in [6.45, 7) is 3.79. The van der Waals surface area contributed by atoms with Crippen molar-refractivity contribution in [3.05, 3.63) is 29.8 Å². The Balaban J connectivity index is 2.67. The Labute approximate surface area is 114 Å². The second-order valence-electron chi connectivity index (χ2n) is 4.64. The zero-order valence-electron chi connectivity index (χ0n) is 11.2. The SMILES string of the molecule is CC(C)CCS(=O)(=O)Nc1ccc(C#CCO)cc1. The van der Waals surface area contributed by atoms with Gasteiger partial charge in [0.15, 0.2) is 0 Å². The average Bonchev–Trinajstić information content (AvgIpc) is 2.35. The number of benzene rings is 1. The Morgan fingerprint density at radius 3 is 2.42 bits per heavy atom. The Morgan fingerprint density at radius 2 is 1.89 bits per heavy atom. The second kappa shape index (κ2) is 7.17. The first kappa shape index (κ1) is 15.5. The molecule has 0 spiro atoms. The van der Waals surface area contributed by atoms with Crippen molar-refractivity contribution in [1.82, 2.24) is 0 Å². The van der Waals surface area contributed by atoms with E-state index in [0.29, 0.717) is 18.0 Å². The molecule has 0 unspecified atom stereocenters. The van der Waals surface area contributed by atoms with Crippen LogP contribution in [-0.2, 0) is 10.0 Å². The fraction of sp³-hybridized carbons (Fsp3) is 0.429. The van der Waals surface area contributed by atoms with Gasteiger partial charge in [0.1, 0.15) is 6.61 Å². The molecule has 0 bridgehead atoms. The molecule has 0 aliphatic carbocycles. The van der Waals surface area contributed by atoms with Crippen LogP contribution in [0.4, 0.5) is 5.69 Å². The lowest BCUT2D eigenvalue weighted by atomic mass is 10.2. The summed E-state index contributed by atoms with van der Waals surface area (Å²) in [6.07, 6.45) is 0.634. The molecule has 0 fully saturated rings. The van der Waals surface area contributed by atoms with Crippen LogP contribution in [0.5, 0.6) is 0 Å². The van der Waals surface area contributed by atoms with E-state index in [0.717, 1.165) is 5.56 Å². The zero-order valence-corrected chi connectivity index (χ0v) is 12.0. The van der Waals surface area contributed by atoms with E-state index in [9.17, 15) is 8.42 Å². The van der Waals surface area contributed by atoms with E-state index in [1.54, 1.807) is 24.3 Å². The van der Waals surface area contributed by atoms with Gasteiger partial charge in [0.05, 0.1) is 5.75 Å². The summed E-state index contributed by atoms with van der Waals surface area (Å²) < 4.78 is 26.1. The van der Waals surface area contributed by atoms with E-state index >= 15 is 0 Å². The molecular formula is C14H19NO3S. The van der Waals surface area contributed by atoms with Crippen LogP contribution >= 0.6 is 0 Å². The lowest BCUT2D eigenvalue weighted by Gasteiger charge is -2.09. The zero-order chi connectivity index (χ0) is 14.3. The van der Waals surface area contributed by atoms with E-state index < -0.39 is 10.0 Å². The van der Waals surface area contributed by atoms with Crippen LogP contribution in [0.15, 0.2) is 24.3 Å². The first-order chi connectivity index (χ1) is 8.93. The summed E-state index contributed by atoms with van der Waals surface area (Å²) in [4.78, 5) is 0. The Bertz CT molecular complexity index is 551. The number of hydrogen-bond acceptors (Lipinski definition) is 3. The van der Waals surface area contributed by atoms with Gasteiger partial charge in [-0.25, -0.2) is 8.42 Å². The van der Waals surface area contributed by atoms with Gasteiger partial charge in [0, 0.05) is 11.3 Å². The Hall–Kier alpha value is -1.51. The molecule has 19 heavy (non-hydrogen) atoms. The van der Waals surface area contributed by atoms with E-state index in [1.165, 1.54) is 0 Å². The molecule has 4 nitrogen and oxygen atoms in total. The van der Waals surface area contributed by atoms with Gasteiger partial charge in [-0.1, -0.05) is 25.7 Å². The second-order valence-corrected chi connectivity index (χ2v) is 6.48. The highest BCUT2D eigenvalue weighted by Gasteiger charge is 2.11. The lowest BCUT2D eigenvalue weighted by molar-refractivity contribution is 0.350. The number of hydrogen-bond donors (Lipinski definition) is 2. The number of aliphatic hydroxyl groups excluding tert-OH is 1. The van der Waals surface area contributed by atoms with Crippen LogP contribution in [0.3, 0.4) is 0 Å². The molecule has 1 aromatic rings. The van der Waals surface area contributed by atoms with Crippen molar-refractivity contribution in [3.63, 3.8) is 0 Å². The largest absolute Gasteiger partial charge is 0.384 e. The Kier molecular flexibility index (Phi) is 5.87. The van der Waals surface area contributed by atoms with Crippen molar-refractivity contribution < 1.29 is 13.5 Å². The van der Waals surface area contributed by atoms with Gasteiger partial charge >= 0.3 is 0 Å². The van der Waals surface area contributed by atoms with Gasteiger partial charge in [-0.2, -0.15) is 0 Å². The highest BCUT2D eigenvalue weighted by atomic mass is 32.2. The predicted molar refractivity (Wildman–Crippen MR) is 77.3 cm³/mol. The molecule has 0 aliphatic heterocycles. The molecule has 5 heteroatoms. The topological polar surface area (TPSA) is 66.4 Å². The fourth-order valence-electron chi connectivity index (χ4n) is 1.38. The first-order valence-corrected chi connectivity index (χ1v) is 7.78. The normalized spacial score (nSPS) is 10.9. The molecule has 0 radical (unpaired) electrons. The van der Waals surface area contributed by atoms with Gasteiger partial charge in [-0.05, 0) is 36.6 Å². The lowest BCUT2D eigenvalue weighted by Crippen LogP contribution is -2.17. The summed E-state index contributed by atoms with van der Waals surface area (Å²) in [7, 11) is -3.29. The van der Waals surface area contributed by atoms with E-state index in [-0.39, 0.29) is 12.4 Å². The standard InChI is InChI=1S/C14H19NO3S/c1-12(2)9-11-19(17,18)15-14-7-5-13(6-8-14)4-3-10-16/h5-8,12,15-16H,9-11H2,1-2H3. The van der Waals surface area contributed by atoms with Crippen molar-refractivity contribution in [2.24, 2.45) is 5.92 Å². The minimum absolute atomic E-state index is 0.122. The molecular weight excluding hydrogens is 262 g/mol. The minimum atomic E-state index is -3.29. The van der Waals surface area contributed by atoms with E-state index in [4.69, 9.17) is 5.11 Å². The number of nitrogens with one attached hydrogen (secondary N) is 1. The Morgan fingerprint density at radius 1 is 1.26 bits per heavy atom. The molecule has 1 rings (SSSR count). The van der Waals surface area contributed by atoms with Crippen LogP contribution in [0, 0.1) is 17.8 Å². The maximum Gasteiger partial charge on any atom is 0.232 e. The molecule has 0 atom stereocenters. The molecule has 2 N–H and O–H groups in total. The van der Waals surface area contributed by atoms with Crippen LogP contribution < -0.4 is 4.72 Å². The highest BCUT2D eigenvalue weighted by molar-refractivity contribution is 7.92. The average molecular weight is 281 g/mol. The van der Waals surface area contributed by atoms with Gasteiger partial charge in [-0.3, -0.25) is 4.72 Å². The van der Waals surface area contributed by atoms with Crippen molar-refractivity contribution in [3.8, 4) is 11.8 Å². The van der Waals surface area contributed by atoms with Crippen molar-refractivity contribution in [2.45, 2.75) is 20.3 Å². The summed E-state index contributed by atoms with van der Waals surface area (Å²) in [5, 5.41) is 8.57. The van der Waals surface area contributed by atoms with Crippen LogP contribution in [0.25, 0.3) is 0 Å². The molecule has 1 aromatic carbocycles. The number of anilines is 1. The first-order valence-electron chi connectivity index (χ1n) is 6.13. The number of aliphatic hydroxyl groups is 1. The van der Waals surface area contributed by atoms with Crippen LogP contribution in [0.2, 0.25) is 0 Å². The quantitative estimate of drug-likeness (QED) is 0.809. The minimum Gasteiger partial charge on any atom is -0.384 e. The predicted octanol–water partition coefficient (Wildman–Crippen LogP) is 1.82. The van der Waals surface area contributed by atoms with Crippen LogP contribution in [0.1, 0.15) is 25.8 Å². The summed E-state index contributed by atoms with van der Waals surface area (Å²) in [5.41, 5.74) is 1.26. The van der Waals surface area contributed by atoms with E-state index in [2.05, 4.69) is 16.6 Å². The third kappa shape index (κ3) is 6.27. The summed E-state index contributed by atoms with van der Waals surface area (Å²) >= 11 is 0. The third-order valence-corrected chi connectivity index (χ3v) is 3.75. The number of sulfonamides is 1. The molecule has 0 heterocycles. The molecule has 0 amide bonds. The van der Waals surface area contributed by atoms with Gasteiger partial charge in [-0.15, -0.1) is 0 Å².